The number of benzene rings is 1. The minimum Gasteiger partial charge on any atom is -0.486 e. The van der Waals surface area contributed by atoms with Crippen molar-refractivity contribution in [1.82, 2.24) is 9.80 Å². The smallest absolute Gasteiger partial charge is 0.321 e. The number of nitrogens with one attached hydrogen (secondary N) is 1. The number of amides is 2. The Labute approximate surface area is 160 Å². The second-order valence-electron chi connectivity index (χ2n) is 7.48. The van der Waals surface area contributed by atoms with Crippen molar-refractivity contribution in [3.05, 3.63) is 18.2 Å². The minimum absolute atomic E-state index is 0.0354. The van der Waals surface area contributed by atoms with Gasteiger partial charge < -0.3 is 24.4 Å². The van der Waals surface area contributed by atoms with Crippen molar-refractivity contribution in [2.24, 2.45) is 0 Å². The molecule has 4 rings (SSSR count). The summed E-state index contributed by atoms with van der Waals surface area (Å²) < 4.78 is 16.8. The minimum atomic E-state index is -0.0458. The zero-order chi connectivity index (χ0) is 18.7. The Morgan fingerprint density at radius 2 is 1.89 bits per heavy atom. The second-order valence-corrected chi connectivity index (χ2v) is 7.48. The average Bonchev–Trinajstić information content (AvgIpc) is 2.88. The first kappa shape index (κ1) is 18.4. The van der Waals surface area contributed by atoms with Crippen LogP contribution in [-0.4, -0.2) is 74.0 Å². The van der Waals surface area contributed by atoms with Crippen LogP contribution in [0.25, 0.3) is 0 Å². The zero-order valence-electron chi connectivity index (χ0n) is 16.0. The van der Waals surface area contributed by atoms with Gasteiger partial charge in [0.2, 0.25) is 0 Å². The Morgan fingerprint density at radius 3 is 2.67 bits per heavy atom. The maximum absolute atomic E-state index is 13.0. The van der Waals surface area contributed by atoms with E-state index in [4.69, 9.17) is 14.2 Å². The van der Waals surface area contributed by atoms with Crippen molar-refractivity contribution in [2.45, 2.75) is 31.7 Å². The molecule has 0 unspecified atom stereocenters. The van der Waals surface area contributed by atoms with Crippen LogP contribution in [0.5, 0.6) is 11.5 Å². The van der Waals surface area contributed by atoms with Crippen LogP contribution in [-0.2, 0) is 4.74 Å². The van der Waals surface area contributed by atoms with Gasteiger partial charge in [-0.05, 0) is 37.9 Å². The van der Waals surface area contributed by atoms with E-state index in [1.165, 1.54) is 0 Å². The Kier molecular flexibility index (Phi) is 5.41. The second kappa shape index (κ2) is 7.94. The molecule has 1 spiro atoms. The molecule has 0 bridgehead atoms. The number of ether oxygens (including phenoxy) is 3. The predicted molar refractivity (Wildman–Crippen MR) is 103 cm³/mol. The van der Waals surface area contributed by atoms with Crippen LogP contribution >= 0.6 is 0 Å². The first-order chi connectivity index (χ1) is 13.2. The predicted octanol–water partition coefficient (Wildman–Crippen LogP) is 2.57. The van der Waals surface area contributed by atoms with Gasteiger partial charge in [-0.15, -0.1) is 0 Å². The topological polar surface area (TPSA) is 63.3 Å². The molecule has 7 nitrogen and oxygen atoms in total. The lowest BCUT2D eigenvalue weighted by Crippen LogP contribution is -2.57. The number of carbonyl (C=O) groups excluding carboxylic acids is 1. The summed E-state index contributed by atoms with van der Waals surface area (Å²) in [5.41, 5.74) is 0.773. The van der Waals surface area contributed by atoms with Crippen molar-refractivity contribution in [2.75, 3.05) is 57.9 Å². The van der Waals surface area contributed by atoms with Crippen molar-refractivity contribution in [3.63, 3.8) is 0 Å². The fraction of sp³-hybridized carbons (Fsp3) is 0.650. The molecule has 7 heteroatoms. The average molecular weight is 375 g/mol. The highest BCUT2D eigenvalue weighted by atomic mass is 16.6. The normalized spacial score (nSPS) is 22.3. The molecule has 0 aromatic heterocycles. The van der Waals surface area contributed by atoms with E-state index < -0.39 is 0 Å². The number of fused-ring (bicyclic) bond motifs is 1. The fourth-order valence-corrected chi connectivity index (χ4v) is 4.44. The molecule has 2 saturated heterocycles. The van der Waals surface area contributed by atoms with Crippen LogP contribution in [0, 0.1) is 0 Å². The van der Waals surface area contributed by atoms with E-state index in [1.54, 1.807) is 0 Å². The number of nitrogens with zero attached hydrogens (tertiary/aromatic N) is 2. The van der Waals surface area contributed by atoms with Crippen LogP contribution in [0.4, 0.5) is 10.5 Å². The fourth-order valence-electron chi connectivity index (χ4n) is 4.44. The van der Waals surface area contributed by atoms with E-state index in [0.717, 1.165) is 70.1 Å². The lowest BCUT2D eigenvalue weighted by atomic mass is 9.87. The Balaban J connectivity index is 1.47. The van der Waals surface area contributed by atoms with Gasteiger partial charge in [-0.3, -0.25) is 4.90 Å². The van der Waals surface area contributed by atoms with Crippen LogP contribution < -0.4 is 14.8 Å². The largest absolute Gasteiger partial charge is 0.486 e. The number of urea groups is 1. The molecule has 0 aliphatic carbocycles. The van der Waals surface area contributed by atoms with Crippen molar-refractivity contribution < 1.29 is 19.0 Å². The molecule has 148 valence electrons. The summed E-state index contributed by atoms with van der Waals surface area (Å²) in [5.74, 6) is 1.42. The maximum atomic E-state index is 13.0. The number of likely N-dealkylation sites (N-methyl/N-ethyl adjacent to an activating group) is 1. The molecule has 0 atom stereocenters. The van der Waals surface area contributed by atoms with E-state index >= 15 is 0 Å². The number of hydrogen-bond acceptors (Lipinski definition) is 5. The van der Waals surface area contributed by atoms with Gasteiger partial charge in [-0.25, -0.2) is 4.79 Å². The van der Waals surface area contributed by atoms with Crippen LogP contribution in [0.3, 0.4) is 0 Å². The molecule has 1 aromatic rings. The van der Waals surface area contributed by atoms with Crippen molar-refractivity contribution in [1.29, 1.82) is 0 Å². The summed E-state index contributed by atoms with van der Waals surface area (Å²) in [4.78, 5) is 17.5. The van der Waals surface area contributed by atoms with Gasteiger partial charge in [-0.1, -0.05) is 6.92 Å². The van der Waals surface area contributed by atoms with E-state index in [0.29, 0.717) is 19.0 Å². The van der Waals surface area contributed by atoms with Gasteiger partial charge >= 0.3 is 6.03 Å². The summed E-state index contributed by atoms with van der Waals surface area (Å²) in [6.45, 7) is 8.42. The number of hydrogen-bond donors (Lipinski definition) is 1. The summed E-state index contributed by atoms with van der Waals surface area (Å²) >= 11 is 0. The van der Waals surface area contributed by atoms with Gasteiger partial charge in [0, 0.05) is 50.1 Å². The van der Waals surface area contributed by atoms with E-state index in [1.807, 2.05) is 23.1 Å². The standard InChI is InChI=1S/C20H29N3O4/c1-2-23-9-3-8-22(15-20(23)6-10-25-11-7-20)19(24)21-16-4-5-17-18(14-16)27-13-12-26-17/h4-5,14H,2-3,6-13,15H2,1H3,(H,21,24). The molecule has 2 fully saturated rings. The third kappa shape index (κ3) is 3.84. The molecule has 1 aromatic carbocycles. The molecule has 0 saturated carbocycles. The lowest BCUT2D eigenvalue weighted by Gasteiger charge is -2.46. The summed E-state index contributed by atoms with van der Waals surface area (Å²) in [6, 6.07) is 5.51. The molecule has 1 N–H and O–H groups in total. The first-order valence-electron chi connectivity index (χ1n) is 9.98. The molecule has 27 heavy (non-hydrogen) atoms. The van der Waals surface area contributed by atoms with Crippen LogP contribution in [0.2, 0.25) is 0 Å². The maximum Gasteiger partial charge on any atom is 0.321 e. The Hall–Kier alpha value is -1.99. The summed E-state index contributed by atoms with van der Waals surface area (Å²) in [7, 11) is 0. The van der Waals surface area contributed by atoms with E-state index in [9.17, 15) is 4.79 Å². The molecular weight excluding hydrogens is 346 g/mol. The van der Waals surface area contributed by atoms with Crippen molar-refractivity contribution >= 4 is 11.7 Å². The zero-order valence-corrected chi connectivity index (χ0v) is 16.0. The number of carbonyl (C=O) groups is 1. The third-order valence-electron chi connectivity index (χ3n) is 5.90. The Morgan fingerprint density at radius 1 is 1.11 bits per heavy atom. The number of anilines is 1. The van der Waals surface area contributed by atoms with E-state index in [2.05, 4.69) is 17.1 Å². The van der Waals surface area contributed by atoms with Gasteiger partial charge in [0.05, 0.1) is 0 Å². The third-order valence-corrected chi connectivity index (χ3v) is 5.90. The highest BCUT2D eigenvalue weighted by Crippen LogP contribution is 2.34. The SMILES string of the molecule is CCN1CCCN(C(=O)Nc2ccc3c(c2)OCCO3)CC12CCOCC2. The van der Waals surface area contributed by atoms with Gasteiger partial charge in [-0.2, -0.15) is 0 Å². The molecule has 0 radical (unpaired) electrons. The Bertz CT molecular complexity index is 675. The monoisotopic (exact) mass is 375 g/mol. The highest BCUT2D eigenvalue weighted by molar-refractivity contribution is 5.89. The molecular formula is C20H29N3O4. The quantitative estimate of drug-likeness (QED) is 0.861. The van der Waals surface area contributed by atoms with Gasteiger partial charge in [0.1, 0.15) is 13.2 Å². The van der Waals surface area contributed by atoms with E-state index in [-0.39, 0.29) is 11.6 Å². The lowest BCUT2D eigenvalue weighted by molar-refractivity contribution is -0.0286. The molecule has 3 aliphatic heterocycles. The highest BCUT2D eigenvalue weighted by Gasteiger charge is 2.41. The molecule has 3 heterocycles. The summed E-state index contributed by atoms with van der Waals surface area (Å²) in [6.07, 6.45) is 2.95. The van der Waals surface area contributed by atoms with Gasteiger partial charge in [0.15, 0.2) is 11.5 Å². The number of rotatable bonds is 2. The molecule has 2 amide bonds. The first-order valence-corrected chi connectivity index (χ1v) is 9.98. The van der Waals surface area contributed by atoms with Crippen molar-refractivity contribution in [3.8, 4) is 11.5 Å². The molecule has 3 aliphatic rings. The van der Waals surface area contributed by atoms with Crippen LogP contribution in [0.1, 0.15) is 26.2 Å². The summed E-state index contributed by atoms with van der Waals surface area (Å²) in [5, 5.41) is 3.05. The van der Waals surface area contributed by atoms with Gasteiger partial charge in [0.25, 0.3) is 0 Å². The van der Waals surface area contributed by atoms with Crippen LogP contribution in [0.15, 0.2) is 18.2 Å².